The Morgan fingerprint density at radius 1 is 1.14 bits per heavy atom. The number of carbonyl (C=O) groups is 1. The smallest absolute Gasteiger partial charge is 0.243 e. The van der Waals surface area contributed by atoms with E-state index >= 15 is 0 Å². The topological polar surface area (TPSA) is 29.1 Å². The molecule has 1 N–H and O–H groups in total. The van der Waals surface area contributed by atoms with Crippen LogP contribution in [0.4, 0.5) is 0 Å². The number of rotatable bonds is 4. The van der Waals surface area contributed by atoms with Crippen molar-refractivity contribution in [1.82, 2.24) is 5.32 Å². The molecule has 2 nitrogen and oxygen atoms in total. The molecule has 0 aromatic heterocycles. The van der Waals surface area contributed by atoms with Gasteiger partial charge in [0.15, 0.2) is 0 Å². The number of hydrogen-bond acceptors (Lipinski definition) is 1. The van der Waals surface area contributed by atoms with Gasteiger partial charge in [0.05, 0.1) is 0 Å². The molecule has 118 valence electrons. The Labute approximate surface area is 131 Å². The summed E-state index contributed by atoms with van der Waals surface area (Å²) in [7, 11) is 2.46. The summed E-state index contributed by atoms with van der Waals surface area (Å²) in [6.45, 7) is 3.56. The van der Waals surface area contributed by atoms with Crippen LogP contribution in [0.5, 0.6) is 0 Å². The van der Waals surface area contributed by atoms with Crippen LogP contribution < -0.4 is 5.32 Å². The molecule has 1 amide bonds. The maximum absolute atomic E-state index is 11.5. The minimum absolute atomic E-state index is 0.00444. The second-order valence-electron chi connectivity index (χ2n) is 7.73. The van der Waals surface area contributed by atoms with Gasteiger partial charge in [-0.15, -0.1) is 0 Å². The van der Waals surface area contributed by atoms with Crippen LogP contribution in [0.15, 0.2) is 12.7 Å². The molecule has 21 heavy (non-hydrogen) atoms. The van der Waals surface area contributed by atoms with Gasteiger partial charge in [0.1, 0.15) is 7.85 Å². The molecule has 0 aromatic carbocycles. The molecule has 3 heteroatoms. The summed E-state index contributed by atoms with van der Waals surface area (Å²) in [5.41, 5.74) is 0. The molecule has 0 heterocycles. The molecule has 2 rings (SSSR count). The Kier molecular flexibility index (Phi) is 6.38. The van der Waals surface area contributed by atoms with E-state index in [1.807, 2.05) is 0 Å². The van der Waals surface area contributed by atoms with Crippen molar-refractivity contribution in [1.29, 1.82) is 0 Å². The molecule has 0 radical (unpaired) electrons. The van der Waals surface area contributed by atoms with Crippen LogP contribution in [0.2, 0.25) is 5.31 Å². The van der Waals surface area contributed by atoms with Crippen LogP contribution in [0.3, 0.4) is 0 Å². The summed E-state index contributed by atoms with van der Waals surface area (Å²) in [6, 6.07) is 0.364. The van der Waals surface area contributed by atoms with Crippen molar-refractivity contribution in [3.8, 4) is 0 Å². The monoisotopic (exact) mass is 289 g/mol. The molecule has 0 aromatic rings. The minimum Gasteiger partial charge on any atom is -0.350 e. The average Bonchev–Trinajstić information content (AvgIpc) is 2.41. The lowest BCUT2D eigenvalue weighted by Crippen LogP contribution is -2.40. The van der Waals surface area contributed by atoms with Crippen LogP contribution in [-0.2, 0) is 4.79 Å². The largest absolute Gasteiger partial charge is 0.350 e. The SMILES string of the molecule is BC1(CC2CCCCCCC2)CCCC(NC(=O)C=C)C1. The molecule has 0 aliphatic heterocycles. The van der Waals surface area contributed by atoms with Gasteiger partial charge in [-0.2, -0.15) is 0 Å². The lowest BCUT2D eigenvalue weighted by atomic mass is 9.55. The Morgan fingerprint density at radius 2 is 1.81 bits per heavy atom. The van der Waals surface area contributed by atoms with Gasteiger partial charge in [-0.05, 0) is 24.8 Å². The van der Waals surface area contributed by atoms with E-state index in [0.29, 0.717) is 11.4 Å². The van der Waals surface area contributed by atoms with Crippen LogP contribution in [-0.4, -0.2) is 19.8 Å². The maximum atomic E-state index is 11.5. The Balaban J connectivity index is 1.87. The molecule has 2 aliphatic rings. The third-order valence-corrected chi connectivity index (χ3v) is 5.61. The fourth-order valence-electron chi connectivity index (χ4n) is 4.58. The van der Waals surface area contributed by atoms with Crippen LogP contribution in [0, 0.1) is 5.92 Å². The molecule has 2 unspecified atom stereocenters. The summed E-state index contributed by atoms with van der Waals surface area (Å²) in [5.74, 6) is 0.916. The van der Waals surface area contributed by atoms with E-state index in [0.717, 1.165) is 18.8 Å². The van der Waals surface area contributed by atoms with E-state index in [4.69, 9.17) is 0 Å². The van der Waals surface area contributed by atoms with Crippen molar-refractivity contribution >= 4 is 13.8 Å². The zero-order valence-electron chi connectivity index (χ0n) is 13.8. The number of hydrogen-bond donors (Lipinski definition) is 1. The highest BCUT2D eigenvalue weighted by Gasteiger charge is 2.34. The summed E-state index contributed by atoms with van der Waals surface area (Å²) < 4.78 is 0. The van der Waals surface area contributed by atoms with Crippen LogP contribution in [0.25, 0.3) is 0 Å². The summed E-state index contributed by atoms with van der Waals surface area (Å²) in [5, 5.41) is 3.56. The molecule has 0 bridgehead atoms. The lowest BCUT2D eigenvalue weighted by molar-refractivity contribution is -0.117. The summed E-state index contributed by atoms with van der Waals surface area (Å²) >= 11 is 0. The molecule has 0 saturated heterocycles. The highest BCUT2D eigenvalue weighted by atomic mass is 16.1. The first-order valence-corrected chi connectivity index (χ1v) is 9.04. The van der Waals surface area contributed by atoms with Gasteiger partial charge in [-0.25, -0.2) is 0 Å². The van der Waals surface area contributed by atoms with E-state index in [2.05, 4.69) is 19.7 Å². The Bertz CT molecular complexity index is 349. The zero-order valence-corrected chi connectivity index (χ0v) is 13.8. The third kappa shape index (κ3) is 5.52. The van der Waals surface area contributed by atoms with E-state index in [9.17, 15) is 4.79 Å². The second kappa shape index (κ2) is 8.05. The first-order chi connectivity index (χ1) is 10.1. The quantitative estimate of drug-likeness (QED) is 0.619. The van der Waals surface area contributed by atoms with Gasteiger partial charge in [-0.1, -0.05) is 76.1 Å². The fraction of sp³-hybridized carbons (Fsp3) is 0.833. The molecular weight excluding hydrogens is 257 g/mol. The first-order valence-electron chi connectivity index (χ1n) is 9.04. The average molecular weight is 289 g/mol. The number of nitrogens with one attached hydrogen (secondary N) is 1. The highest BCUT2D eigenvalue weighted by Crippen LogP contribution is 2.47. The fourth-order valence-corrected chi connectivity index (χ4v) is 4.58. The number of carbonyl (C=O) groups excluding carboxylic acids is 1. The van der Waals surface area contributed by atoms with E-state index in [1.54, 1.807) is 0 Å². The Hall–Kier alpha value is -0.725. The predicted octanol–water partition coefficient (Wildman–Crippen LogP) is 3.77. The second-order valence-corrected chi connectivity index (χ2v) is 7.73. The predicted molar refractivity (Wildman–Crippen MR) is 92.3 cm³/mol. The van der Waals surface area contributed by atoms with Gasteiger partial charge >= 0.3 is 0 Å². The van der Waals surface area contributed by atoms with Gasteiger partial charge in [0.2, 0.25) is 5.91 Å². The molecule has 2 saturated carbocycles. The van der Waals surface area contributed by atoms with Crippen molar-refractivity contribution in [2.24, 2.45) is 5.92 Å². The van der Waals surface area contributed by atoms with Gasteiger partial charge in [0.25, 0.3) is 0 Å². The standard InChI is InChI=1S/C18H32BNO/c1-2-17(21)20-16-11-8-12-18(19,14-16)13-15-9-6-4-3-5-7-10-15/h2,15-16H,1,3-14,19H2,(H,20,21). The van der Waals surface area contributed by atoms with Crippen molar-refractivity contribution in [3.05, 3.63) is 12.7 Å². The van der Waals surface area contributed by atoms with Crippen molar-refractivity contribution in [2.75, 3.05) is 0 Å². The van der Waals surface area contributed by atoms with Crippen molar-refractivity contribution in [3.63, 3.8) is 0 Å². The molecular formula is C18H32BNO. The first kappa shape index (κ1) is 16.6. The lowest BCUT2D eigenvalue weighted by Gasteiger charge is -2.41. The van der Waals surface area contributed by atoms with Gasteiger partial charge < -0.3 is 5.32 Å². The van der Waals surface area contributed by atoms with E-state index in [-0.39, 0.29) is 5.91 Å². The molecule has 2 aliphatic carbocycles. The van der Waals surface area contributed by atoms with Crippen LogP contribution >= 0.6 is 0 Å². The van der Waals surface area contributed by atoms with E-state index in [1.165, 1.54) is 70.3 Å². The molecule has 0 spiro atoms. The molecule has 2 fully saturated rings. The summed E-state index contributed by atoms with van der Waals surface area (Å²) in [6.07, 6.45) is 17.7. The number of amides is 1. The van der Waals surface area contributed by atoms with Crippen molar-refractivity contribution < 1.29 is 4.79 Å². The molecule has 2 atom stereocenters. The zero-order chi connectivity index (χ0) is 15.1. The minimum atomic E-state index is -0.00444. The third-order valence-electron chi connectivity index (χ3n) is 5.61. The van der Waals surface area contributed by atoms with Crippen LogP contribution in [0.1, 0.15) is 77.0 Å². The Morgan fingerprint density at radius 3 is 2.48 bits per heavy atom. The highest BCUT2D eigenvalue weighted by molar-refractivity contribution is 6.15. The van der Waals surface area contributed by atoms with Crippen molar-refractivity contribution in [2.45, 2.75) is 88.4 Å². The normalized spacial score (nSPS) is 31.9. The van der Waals surface area contributed by atoms with Gasteiger partial charge in [-0.3, -0.25) is 4.79 Å². The summed E-state index contributed by atoms with van der Waals surface area (Å²) in [4.78, 5) is 11.5. The van der Waals surface area contributed by atoms with Gasteiger partial charge in [0, 0.05) is 6.04 Å². The maximum Gasteiger partial charge on any atom is 0.243 e. The van der Waals surface area contributed by atoms with E-state index < -0.39 is 0 Å².